The number of halogens is 2. The van der Waals surface area contributed by atoms with Gasteiger partial charge in [0.25, 0.3) is 0 Å². The van der Waals surface area contributed by atoms with Crippen LogP contribution in [0.15, 0.2) is 24.3 Å². The van der Waals surface area contributed by atoms with E-state index >= 15 is 0 Å². The molecule has 0 spiro atoms. The Morgan fingerprint density at radius 3 is 2.92 bits per heavy atom. The molecule has 0 aliphatic carbocycles. The Morgan fingerprint density at radius 2 is 2.17 bits per heavy atom. The third kappa shape index (κ3) is 1.51. The van der Waals surface area contributed by atoms with Crippen LogP contribution >= 0.6 is 38.9 Å². The number of fused-ring (bicyclic) bond motifs is 1. The minimum absolute atomic E-state index is 0.811. The Hall–Kier alpha value is -0.0500. The molecule has 0 atom stereocenters. The van der Waals surface area contributed by atoms with E-state index < -0.39 is 0 Å². The number of alkyl halides is 1. The molecule has 62 valence electrons. The summed E-state index contributed by atoms with van der Waals surface area (Å²) in [6.45, 7) is 0. The summed E-state index contributed by atoms with van der Waals surface area (Å²) in [5.41, 5.74) is 0. The largest absolute Gasteiger partial charge is 0.139 e. The van der Waals surface area contributed by atoms with Gasteiger partial charge in [-0.1, -0.05) is 33.6 Å². The van der Waals surface area contributed by atoms with E-state index in [-0.39, 0.29) is 0 Å². The van der Waals surface area contributed by atoms with Crippen LogP contribution in [-0.2, 0) is 5.33 Å². The van der Waals surface area contributed by atoms with Crippen molar-refractivity contribution in [2.75, 3.05) is 0 Å². The van der Waals surface area contributed by atoms with Crippen LogP contribution in [0.25, 0.3) is 10.1 Å². The van der Waals surface area contributed by atoms with E-state index in [1.54, 1.807) is 11.3 Å². The van der Waals surface area contributed by atoms with Gasteiger partial charge in [0.2, 0.25) is 0 Å². The molecule has 0 nitrogen and oxygen atoms in total. The maximum absolute atomic E-state index is 5.87. The first-order valence-corrected chi connectivity index (χ1v) is 5.85. The van der Waals surface area contributed by atoms with Gasteiger partial charge in [-0.3, -0.25) is 0 Å². The molecule has 1 aromatic carbocycles. The Balaban J connectivity index is 2.67. The number of hydrogen-bond acceptors (Lipinski definition) is 1. The van der Waals surface area contributed by atoms with Crippen molar-refractivity contribution in [3.05, 3.63) is 34.2 Å². The molecule has 0 N–H and O–H groups in total. The van der Waals surface area contributed by atoms with Crippen molar-refractivity contribution >= 4 is 49.0 Å². The van der Waals surface area contributed by atoms with Gasteiger partial charge in [0.15, 0.2) is 0 Å². The van der Waals surface area contributed by atoms with Gasteiger partial charge in [0.05, 0.1) is 0 Å². The average molecular weight is 262 g/mol. The number of rotatable bonds is 1. The summed E-state index contributed by atoms with van der Waals surface area (Å²) >= 11 is 11.1. The van der Waals surface area contributed by atoms with Crippen LogP contribution in [0.1, 0.15) is 4.88 Å². The van der Waals surface area contributed by atoms with Crippen molar-refractivity contribution in [1.82, 2.24) is 0 Å². The number of hydrogen-bond donors (Lipinski definition) is 0. The average Bonchev–Trinajstić information content (AvgIpc) is 2.46. The zero-order chi connectivity index (χ0) is 8.55. The van der Waals surface area contributed by atoms with Gasteiger partial charge >= 0.3 is 0 Å². The predicted molar refractivity (Wildman–Crippen MR) is 59.5 cm³/mol. The molecule has 0 unspecified atom stereocenters. The third-order valence-corrected chi connectivity index (χ3v) is 3.97. The molecule has 0 aliphatic rings. The zero-order valence-electron chi connectivity index (χ0n) is 6.18. The Kier molecular flexibility index (Phi) is 2.40. The van der Waals surface area contributed by atoms with E-state index in [0.717, 1.165) is 10.4 Å². The summed E-state index contributed by atoms with van der Waals surface area (Å²) in [6.07, 6.45) is 0. The van der Waals surface area contributed by atoms with Crippen molar-refractivity contribution in [3.8, 4) is 0 Å². The summed E-state index contributed by atoms with van der Waals surface area (Å²) in [6, 6.07) is 8.17. The fourth-order valence-electron chi connectivity index (χ4n) is 1.13. The molecule has 12 heavy (non-hydrogen) atoms. The number of benzene rings is 1. The fraction of sp³-hybridized carbons (Fsp3) is 0.111. The minimum Gasteiger partial charge on any atom is -0.139 e. The van der Waals surface area contributed by atoms with Crippen molar-refractivity contribution in [2.24, 2.45) is 0 Å². The highest BCUT2D eigenvalue weighted by atomic mass is 79.9. The van der Waals surface area contributed by atoms with E-state index in [1.807, 2.05) is 12.1 Å². The monoisotopic (exact) mass is 260 g/mol. The second kappa shape index (κ2) is 3.36. The fourth-order valence-corrected chi connectivity index (χ4v) is 2.82. The van der Waals surface area contributed by atoms with Crippen molar-refractivity contribution in [1.29, 1.82) is 0 Å². The standard InChI is InChI=1S/C9H6BrClS/c10-5-8-3-6-1-2-7(11)4-9(6)12-8/h1-4H,5H2. The van der Waals surface area contributed by atoms with Gasteiger partial charge < -0.3 is 0 Å². The molecule has 0 aliphatic heterocycles. The molecule has 1 aromatic heterocycles. The Labute approximate surface area is 88.3 Å². The van der Waals surface area contributed by atoms with Gasteiger partial charge in [0, 0.05) is 19.9 Å². The molecule has 0 radical (unpaired) electrons. The molecule has 0 fully saturated rings. The van der Waals surface area contributed by atoms with Crippen LogP contribution in [0.3, 0.4) is 0 Å². The summed E-state index contributed by atoms with van der Waals surface area (Å²) in [4.78, 5) is 1.34. The first-order valence-electron chi connectivity index (χ1n) is 3.53. The van der Waals surface area contributed by atoms with E-state index in [1.165, 1.54) is 15.0 Å². The lowest BCUT2D eigenvalue weighted by atomic mass is 10.2. The third-order valence-electron chi connectivity index (χ3n) is 1.66. The lowest BCUT2D eigenvalue weighted by Crippen LogP contribution is -1.62. The van der Waals surface area contributed by atoms with Crippen molar-refractivity contribution in [3.63, 3.8) is 0 Å². The highest BCUT2D eigenvalue weighted by molar-refractivity contribution is 9.08. The van der Waals surface area contributed by atoms with Gasteiger partial charge in [-0.15, -0.1) is 11.3 Å². The second-order valence-electron chi connectivity index (χ2n) is 2.53. The van der Waals surface area contributed by atoms with Crippen molar-refractivity contribution < 1.29 is 0 Å². The maximum atomic E-state index is 5.87. The van der Waals surface area contributed by atoms with Crippen LogP contribution in [0, 0.1) is 0 Å². The first-order chi connectivity index (χ1) is 5.79. The molecule has 0 amide bonds. The van der Waals surface area contributed by atoms with E-state index in [4.69, 9.17) is 11.6 Å². The first kappa shape index (κ1) is 8.54. The van der Waals surface area contributed by atoms with Crippen LogP contribution in [0.2, 0.25) is 5.02 Å². The van der Waals surface area contributed by atoms with Gasteiger partial charge in [0.1, 0.15) is 0 Å². The normalized spacial score (nSPS) is 10.8. The molecule has 2 rings (SSSR count). The molecular weight excluding hydrogens is 256 g/mol. The predicted octanol–water partition coefficient (Wildman–Crippen LogP) is 4.45. The van der Waals surface area contributed by atoms with E-state index in [0.29, 0.717) is 0 Å². The van der Waals surface area contributed by atoms with Crippen LogP contribution in [0.5, 0.6) is 0 Å². The summed E-state index contributed by atoms with van der Waals surface area (Å²) in [5, 5.41) is 3.01. The second-order valence-corrected chi connectivity index (χ2v) is 4.69. The van der Waals surface area contributed by atoms with Crippen LogP contribution in [0.4, 0.5) is 0 Å². The lowest BCUT2D eigenvalue weighted by Gasteiger charge is -1.88. The maximum Gasteiger partial charge on any atom is 0.0420 e. The van der Waals surface area contributed by atoms with Crippen LogP contribution in [-0.4, -0.2) is 0 Å². The minimum atomic E-state index is 0.811. The van der Waals surface area contributed by atoms with Gasteiger partial charge in [-0.25, -0.2) is 0 Å². The van der Waals surface area contributed by atoms with Gasteiger partial charge in [-0.05, 0) is 23.6 Å². The molecule has 3 heteroatoms. The van der Waals surface area contributed by atoms with Gasteiger partial charge in [-0.2, -0.15) is 0 Å². The van der Waals surface area contributed by atoms with Crippen molar-refractivity contribution in [2.45, 2.75) is 5.33 Å². The zero-order valence-corrected chi connectivity index (χ0v) is 9.34. The highest BCUT2D eigenvalue weighted by Crippen LogP contribution is 2.29. The smallest absolute Gasteiger partial charge is 0.0420 e. The highest BCUT2D eigenvalue weighted by Gasteiger charge is 2.00. The summed E-state index contributed by atoms with van der Waals surface area (Å²) in [5.74, 6) is 0. The van der Waals surface area contributed by atoms with E-state index in [9.17, 15) is 0 Å². The SMILES string of the molecule is Clc1ccc2cc(CBr)sc2c1. The van der Waals surface area contributed by atoms with Crippen LogP contribution < -0.4 is 0 Å². The number of thiophene rings is 1. The summed E-state index contributed by atoms with van der Waals surface area (Å²) < 4.78 is 1.26. The molecule has 0 saturated carbocycles. The molecule has 2 aromatic rings. The van der Waals surface area contributed by atoms with E-state index in [2.05, 4.69) is 28.1 Å². The Bertz CT molecular complexity index is 408. The quantitative estimate of drug-likeness (QED) is 0.665. The Morgan fingerprint density at radius 1 is 1.33 bits per heavy atom. The topological polar surface area (TPSA) is 0 Å². The molecule has 0 bridgehead atoms. The molecule has 1 heterocycles. The molecule has 0 saturated heterocycles. The lowest BCUT2D eigenvalue weighted by molar-refractivity contribution is 1.60. The summed E-state index contributed by atoms with van der Waals surface area (Å²) in [7, 11) is 0. The molecular formula is C9H6BrClS.